The summed E-state index contributed by atoms with van der Waals surface area (Å²) in [4.78, 5) is 33.9. The highest BCUT2D eigenvalue weighted by Gasteiger charge is 2.17. The van der Waals surface area contributed by atoms with Crippen molar-refractivity contribution in [2.24, 2.45) is 0 Å². The number of nitro groups is 1. The van der Waals surface area contributed by atoms with E-state index in [9.17, 15) is 19.7 Å². The van der Waals surface area contributed by atoms with Gasteiger partial charge in [0.15, 0.2) is 5.43 Å². The second-order valence-corrected chi connectivity index (χ2v) is 5.14. The van der Waals surface area contributed by atoms with Crippen molar-refractivity contribution in [3.8, 4) is 11.3 Å². The van der Waals surface area contributed by atoms with Gasteiger partial charge in [0.25, 0.3) is 5.69 Å². The summed E-state index contributed by atoms with van der Waals surface area (Å²) >= 11 is 0. The lowest BCUT2D eigenvalue weighted by Gasteiger charge is -2.07. The molecule has 0 unspecified atom stereocenters. The van der Waals surface area contributed by atoms with E-state index in [0.717, 1.165) is 0 Å². The Labute approximate surface area is 135 Å². The number of anilines is 1. The van der Waals surface area contributed by atoms with Crippen LogP contribution < -0.4 is 10.7 Å². The van der Waals surface area contributed by atoms with Gasteiger partial charge in [0.1, 0.15) is 17.0 Å². The van der Waals surface area contributed by atoms with E-state index in [0.29, 0.717) is 16.5 Å². The van der Waals surface area contributed by atoms with Crippen LogP contribution in [0.1, 0.15) is 6.92 Å². The van der Waals surface area contributed by atoms with E-state index in [1.807, 2.05) is 0 Å². The fraction of sp³-hybridized carbons (Fsp3) is 0.0588. The summed E-state index contributed by atoms with van der Waals surface area (Å²) < 4.78 is 5.67. The van der Waals surface area contributed by atoms with Gasteiger partial charge in [-0.1, -0.05) is 12.1 Å². The third-order valence-electron chi connectivity index (χ3n) is 3.42. The summed E-state index contributed by atoms with van der Waals surface area (Å²) in [5.41, 5.74) is 0.338. The molecule has 24 heavy (non-hydrogen) atoms. The van der Waals surface area contributed by atoms with Gasteiger partial charge in [0.05, 0.1) is 10.3 Å². The van der Waals surface area contributed by atoms with E-state index in [1.165, 1.54) is 25.1 Å². The Bertz CT molecular complexity index is 1020. The van der Waals surface area contributed by atoms with Crippen LogP contribution in [0.4, 0.5) is 11.4 Å². The molecule has 1 aromatic heterocycles. The molecule has 3 rings (SSSR count). The first-order valence-corrected chi connectivity index (χ1v) is 7.05. The standard InChI is InChI=1S/C17H12N2O5/c1-10(20)18-13-7-6-11(8-14(13)19(22)23)17-9-15(21)12-4-2-3-5-16(12)24-17/h2-9H,1H3,(H,18,20). The molecule has 0 bridgehead atoms. The van der Waals surface area contributed by atoms with Gasteiger partial charge in [-0.25, -0.2) is 0 Å². The predicted octanol–water partition coefficient (Wildman–Crippen LogP) is 3.33. The quantitative estimate of drug-likeness (QED) is 0.588. The van der Waals surface area contributed by atoms with E-state index in [4.69, 9.17) is 4.42 Å². The van der Waals surface area contributed by atoms with Gasteiger partial charge in [-0.2, -0.15) is 0 Å². The number of carbonyl (C=O) groups excluding carboxylic acids is 1. The van der Waals surface area contributed by atoms with Crippen molar-refractivity contribution in [3.63, 3.8) is 0 Å². The normalized spacial score (nSPS) is 10.5. The van der Waals surface area contributed by atoms with Gasteiger partial charge in [-0.05, 0) is 24.3 Å². The molecule has 0 atom stereocenters. The fourth-order valence-corrected chi connectivity index (χ4v) is 2.38. The molecule has 0 aliphatic carbocycles. The van der Waals surface area contributed by atoms with Crippen LogP contribution in [0.5, 0.6) is 0 Å². The van der Waals surface area contributed by atoms with Crippen LogP contribution in [0.2, 0.25) is 0 Å². The average Bonchev–Trinajstić information content (AvgIpc) is 2.54. The molecule has 0 aliphatic rings. The van der Waals surface area contributed by atoms with Gasteiger partial charge < -0.3 is 9.73 Å². The summed E-state index contributed by atoms with van der Waals surface area (Å²) in [6, 6.07) is 12.3. The first kappa shape index (κ1) is 15.4. The predicted molar refractivity (Wildman–Crippen MR) is 88.9 cm³/mol. The van der Waals surface area contributed by atoms with Crippen molar-refractivity contribution in [1.29, 1.82) is 0 Å². The molecular weight excluding hydrogens is 312 g/mol. The monoisotopic (exact) mass is 324 g/mol. The van der Waals surface area contributed by atoms with Crippen LogP contribution in [0, 0.1) is 10.1 Å². The maximum absolute atomic E-state index is 12.2. The highest BCUT2D eigenvalue weighted by Crippen LogP contribution is 2.31. The zero-order valence-corrected chi connectivity index (χ0v) is 12.6. The Morgan fingerprint density at radius 3 is 2.62 bits per heavy atom. The van der Waals surface area contributed by atoms with E-state index in [1.54, 1.807) is 30.3 Å². The summed E-state index contributed by atoms with van der Waals surface area (Å²) in [6.45, 7) is 1.26. The lowest BCUT2D eigenvalue weighted by Crippen LogP contribution is -2.08. The number of carbonyl (C=O) groups is 1. The molecule has 0 saturated heterocycles. The average molecular weight is 324 g/mol. The zero-order valence-electron chi connectivity index (χ0n) is 12.6. The number of nitrogens with zero attached hydrogens (tertiary/aromatic N) is 1. The summed E-state index contributed by atoms with van der Waals surface area (Å²) in [5, 5.41) is 14.1. The number of nitrogens with one attached hydrogen (secondary N) is 1. The topological polar surface area (TPSA) is 102 Å². The lowest BCUT2D eigenvalue weighted by atomic mass is 10.1. The number of para-hydroxylation sites is 1. The minimum absolute atomic E-state index is 0.0828. The maximum Gasteiger partial charge on any atom is 0.293 e. The molecule has 0 aliphatic heterocycles. The van der Waals surface area contributed by atoms with Gasteiger partial charge in [0, 0.05) is 24.6 Å². The Kier molecular flexibility index (Phi) is 3.83. The highest BCUT2D eigenvalue weighted by molar-refractivity contribution is 5.92. The minimum Gasteiger partial charge on any atom is -0.456 e. The molecule has 0 fully saturated rings. The van der Waals surface area contributed by atoms with Crippen molar-refractivity contribution in [1.82, 2.24) is 0 Å². The number of hydrogen-bond donors (Lipinski definition) is 1. The largest absolute Gasteiger partial charge is 0.456 e. The Morgan fingerprint density at radius 2 is 1.92 bits per heavy atom. The summed E-state index contributed by atoms with van der Waals surface area (Å²) in [5.74, 6) is -0.195. The van der Waals surface area contributed by atoms with E-state index in [-0.39, 0.29) is 22.6 Å². The first-order chi connectivity index (χ1) is 11.5. The molecule has 1 amide bonds. The van der Waals surface area contributed by atoms with Crippen molar-refractivity contribution in [3.05, 3.63) is 68.9 Å². The van der Waals surface area contributed by atoms with Crippen molar-refractivity contribution < 1.29 is 14.1 Å². The molecular formula is C17H12N2O5. The summed E-state index contributed by atoms with van der Waals surface area (Å²) in [6.07, 6.45) is 0. The number of rotatable bonds is 3. The van der Waals surface area contributed by atoms with Gasteiger partial charge >= 0.3 is 0 Å². The molecule has 2 aromatic carbocycles. The van der Waals surface area contributed by atoms with Crippen molar-refractivity contribution in [2.45, 2.75) is 6.92 Å². The molecule has 120 valence electrons. The fourth-order valence-electron chi connectivity index (χ4n) is 2.38. The minimum atomic E-state index is -0.603. The van der Waals surface area contributed by atoms with E-state index < -0.39 is 10.8 Å². The van der Waals surface area contributed by atoms with E-state index >= 15 is 0 Å². The summed E-state index contributed by atoms with van der Waals surface area (Å²) in [7, 11) is 0. The Hall–Kier alpha value is -3.48. The van der Waals surface area contributed by atoms with E-state index in [2.05, 4.69) is 5.32 Å². The number of amides is 1. The van der Waals surface area contributed by atoms with Crippen LogP contribution in [-0.4, -0.2) is 10.8 Å². The number of hydrogen-bond acceptors (Lipinski definition) is 5. The second kappa shape index (κ2) is 5.96. The third-order valence-corrected chi connectivity index (χ3v) is 3.42. The molecule has 7 nitrogen and oxygen atoms in total. The van der Waals surface area contributed by atoms with Gasteiger partial charge in [-0.15, -0.1) is 0 Å². The molecule has 0 radical (unpaired) electrons. The highest BCUT2D eigenvalue weighted by atomic mass is 16.6. The van der Waals surface area contributed by atoms with Crippen molar-refractivity contribution >= 4 is 28.3 Å². The first-order valence-electron chi connectivity index (χ1n) is 7.05. The molecule has 7 heteroatoms. The zero-order chi connectivity index (χ0) is 17.3. The molecule has 0 spiro atoms. The maximum atomic E-state index is 12.2. The van der Waals surface area contributed by atoms with Crippen molar-refractivity contribution in [2.75, 3.05) is 5.32 Å². The number of nitro benzene ring substituents is 1. The van der Waals surface area contributed by atoms with Crippen LogP contribution in [0.3, 0.4) is 0 Å². The molecule has 3 aromatic rings. The second-order valence-electron chi connectivity index (χ2n) is 5.14. The molecule has 0 saturated carbocycles. The van der Waals surface area contributed by atoms with Crippen LogP contribution >= 0.6 is 0 Å². The van der Waals surface area contributed by atoms with Crippen LogP contribution in [-0.2, 0) is 4.79 Å². The lowest BCUT2D eigenvalue weighted by molar-refractivity contribution is -0.383. The number of fused-ring (bicyclic) bond motifs is 1. The van der Waals surface area contributed by atoms with Gasteiger partial charge in [0.2, 0.25) is 5.91 Å². The smallest absolute Gasteiger partial charge is 0.293 e. The SMILES string of the molecule is CC(=O)Nc1ccc(-c2cc(=O)c3ccccc3o2)cc1[N+](=O)[O-]. The molecule has 1 heterocycles. The Morgan fingerprint density at radius 1 is 1.17 bits per heavy atom. The van der Waals surface area contributed by atoms with Crippen LogP contribution in [0.25, 0.3) is 22.3 Å². The Balaban J connectivity index is 2.16. The molecule has 1 N–H and O–H groups in total. The third kappa shape index (κ3) is 2.87. The number of benzene rings is 2. The van der Waals surface area contributed by atoms with Crippen LogP contribution in [0.15, 0.2) is 57.7 Å². The van der Waals surface area contributed by atoms with Gasteiger partial charge in [-0.3, -0.25) is 19.7 Å².